The molecule has 0 aliphatic carbocycles. The standard InChI is InChI=1S/C14H15N3O/c1-9-7-16-14(17-8-9)13(15)11-2-3-12-10(6-11)4-5-18-12/h2-3,6-8,13H,4-5,15H2,1H3. The molecule has 1 aromatic carbocycles. The smallest absolute Gasteiger partial charge is 0.149 e. The minimum Gasteiger partial charge on any atom is -0.493 e. The second kappa shape index (κ2) is 4.38. The van der Waals surface area contributed by atoms with Crippen molar-refractivity contribution in [3.05, 3.63) is 53.1 Å². The number of nitrogens with zero attached hydrogens (tertiary/aromatic N) is 2. The van der Waals surface area contributed by atoms with Crippen molar-refractivity contribution in [2.24, 2.45) is 5.73 Å². The lowest BCUT2D eigenvalue weighted by atomic mass is 10.0. The fourth-order valence-corrected chi connectivity index (χ4v) is 2.11. The van der Waals surface area contributed by atoms with Crippen LogP contribution in [-0.4, -0.2) is 16.6 Å². The topological polar surface area (TPSA) is 61.0 Å². The van der Waals surface area contributed by atoms with Crippen molar-refractivity contribution < 1.29 is 4.74 Å². The first-order chi connectivity index (χ1) is 8.74. The van der Waals surface area contributed by atoms with Gasteiger partial charge in [-0.25, -0.2) is 9.97 Å². The van der Waals surface area contributed by atoms with Crippen LogP contribution in [0.4, 0.5) is 0 Å². The van der Waals surface area contributed by atoms with Crippen molar-refractivity contribution in [2.75, 3.05) is 6.61 Å². The Morgan fingerprint density at radius 3 is 2.83 bits per heavy atom. The Kier molecular flexibility index (Phi) is 2.72. The minimum absolute atomic E-state index is 0.281. The molecule has 4 heteroatoms. The first-order valence-corrected chi connectivity index (χ1v) is 6.04. The highest BCUT2D eigenvalue weighted by atomic mass is 16.5. The predicted octanol–water partition coefficient (Wildman–Crippen LogP) is 1.77. The van der Waals surface area contributed by atoms with Gasteiger partial charge in [-0.3, -0.25) is 0 Å². The summed E-state index contributed by atoms with van der Waals surface area (Å²) in [5.74, 6) is 1.62. The third-order valence-electron chi connectivity index (χ3n) is 3.15. The molecule has 2 aromatic rings. The molecule has 18 heavy (non-hydrogen) atoms. The third-order valence-corrected chi connectivity index (χ3v) is 3.15. The van der Waals surface area contributed by atoms with Crippen LogP contribution in [0.1, 0.15) is 28.6 Å². The van der Waals surface area contributed by atoms with E-state index in [9.17, 15) is 0 Å². The number of ether oxygens (including phenoxy) is 1. The lowest BCUT2D eigenvalue weighted by Crippen LogP contribution is -2.15. The summed E-state index contributed by atoms with van der Waals surface area (Å²) in [6.45, 7) is 2.72. The summed E-state index contributed by atoms with van der Waals surface area (Å²) in [4.78, 5) is 8.56. The van der Waals surface area contributed by atoms with Gasteiger partial charge < -0.3 is 10.5 Å². The van der Waals surface area contributed by atoms with E-state index < -0.39 is 0 Å². The van der Waals surface area contributed by atoms with Gasteiger partial charge in [0.15, 0.2) is 0 Å². The number of aryl methyl sites for hydroxylation is 1. The molecule has 92 valence electrons. The second-order valence-electron chi connectivity index (χ2n) is 4.56. The molecule has 0 fully saturated rings. The quantitative estimate of drug-likeness (QED) is 0.870. The fraction of sp³-hybridized carbons (Fsp3) is 0.286. The molecule has 0 radical (unpaired) electrons. The summed E-state index contributed by atoms with van der Waals surface area (Å²) in [6.07, 6.45) is 4.53. The average molecular weight is 241 g/mol. The molecule has 0 bridgehead atoms. The minimum atomic E-state index is -0.281. The summed E-state index contributed by atoms with van der Waals surface area (Å²) in [5.41, 5.74) is 9.48. The first kappa shape index (κ1) is 11.2. The summed E-state index contributed by atoms with van der Waals surface area (Å²) in [7, 11) is 0. The van der Waals surface area contributed by atoms with Gasteiger partial charge in [-0.15, -0.1) is 0 Å². The van der Waals surface area contributed by atoms with Crippen molar-refractivity contribution >= 4 is 0 Å². The van der Waals surface area contributed by atoms with Crippen LogP contribution in [-0.2, 0) is 6.42 Å². The Morgan fingerprint density at radius 2 is 2.06 bits per heavy atom. The van der Waals surface area contributed by atoms with E-state index in [1.807, 2.05) is 19.1 Å². The number of nitrogens with two attached hydrogens (primary N) is 1. The van der Waals surface area contributed by atoms with E-state index in [0.717, 1.165) is 29.9 Å². The van der Waals surface area contributed by atoms with E-state index in [4.69, 9.17) is 10.5 Å². The van der Waals surface area contributed by atoms with Gasteiger partial charge in [-0.2, -0.15) is 0 Å². The SMILES string of the molecule is Cc1cnc(C(N)c2ccc3c(c2)CCO3)nc1. The van der Waals surface area contributed by atoms with Gasteiger partial charge in [-0.1, -0.05) is 6.07 Å². The van der Waals surface area contributed by atoms with Gasteiger partial charge in [0.2, 0.25) is 0 Å². The number of benzene rings is 1. The van der Waals surface area contributed by atoms with Crippen molar-refractivity contribution in [2.45, 2.75) is 19.4 Å². The van der Waals surface area contributed by atoms with Crippen LogP contribution < -0.4 is 10.5 Å². The zero-order chi connectivity index (χ0) is 12.5. The van der Waals surface area contributed by atoms with Crippen molar-refractivity contribution in [3.8, 4) is 5.75 Å². The highest BCUT2D eigenvalue weighted by molar-refractivity contribution is 5.41. The van der Waals surface area contributed by atoms with Crippen LogP contribution in [0.5, 0.6) is 5.75 Å². The molecular weight excluding hydrogens is 226 g/mol. The summed E-state index contributed by atoms with van der Waals surface area (Å²) in [5, 5.41) is 0. The van der Waals surface area contributed by atoms with Crippen LogP contribution in [0, 0.1) is 6.92 Å². The molecule has 2 heterocycles. The molecule has 0 amide bonds. The number of hydrogen-bond acceptors (Lipinski definition) is 4. The normalized spacial score (nSPS) is 15.0. The molecule has 0 spiro atoms. The molecule has 1 aliphatic rings. The maximum absolute atomic E-state index is 6.19. The summed E-state index contributed by atoms with van der Waals surface area (Å²) >= 11 is 0. The Morgan fingerprint density at radius 1 is 1.28 bits per heavy atom. The summed E-state index contributed by atoms with van der Waals surface area (Å²) < 4.78 is 5.48. The average Bonchev–Trinajstić information content (AvgIpc) is 2.86. The van der Waals surface area contributed by atoms with E-state index in [-0.39, 0.29) is 6.04 Å². The van der Waals surface area contributed by atoms with E-state index in [1.54, 1.807) is 12.4 Å². The van der Waals surface area contributed by atoms with Crippen molar-refractivity contribution in [1.29, 1.82) is 0 Å². The lowest BCUT2D eigenvalue weighted by molar-refractivity contribution is 0.357. The molecule has 1 aromatic heterocycles. The molecular formula is C14H15N3O. The van der Waals surface area contributed by atoms with Crippen molar-refractivity contribution in [1.82, 2.24) is 9.97 Å². The molecule has 0 saturated heterocycles. The maximum Gasteiger partial charge on any atom is 0.149 e. The van der Waals surface area contributed by atoms with E-state index >= 15 is 0 Å². The highest BCUT2D eigenvalue weighted by Gasteiger charge is 2.17. The monoisotopic (exact) mass is 241 g/mol. The summed E-state index contributed by atoms with van der Waals surface area (Å²) in [6, 6.07) is 5.77. The molecule has 0 saturated carbocycles. The molecule has 2 N–H and O–H groups in total. The van der Waals surface area contributed by atoms with E-state index in [2.05, 4.69) is 16.0 Å². The van der Waals surface area contributed by atoms with E-state index in [0.29, 0.717) is 5.82 Å². The zero-order valence-electron chi connectivity index (χ0n) is 10.3. The van der Waals surface area contributed by atoms with E-state index in [1.165, 1.54) is 5.56 Å². The first-order valence-electron chi connectivity index (χ1n) is 6.04. The van der Waals surface area contributed by atoms with Crippen LogP contribution in [0.3, 0.4) is 0 Å². The van der Waals surface area contributed by atoms with Gasteiger partial charge in [-0.05, 0) is 35.7 Å². The van der Waals surface area contributed by atoms with Gasteiger partial charge in [0.05, 0.1) is 12.6 Å². The van der Waals surface area contributed by atoms with Gasteiger partial charge in [0.25, 0.3) is 0 Å². The van der Waals surface area contributed by atoms with Gasteiger partial charge >= 0.3 is 0 Å². The predicted molar refractivity (Wildman–Crippen MR) is 68.4 cm³/mol. The molecule has 1 unspecified atom stereocenters. The van der Waals surface area contributed by atoms with Crippen LogP contribution >= 0.6 is 0 Å². The maximum atomic E-state index is 6.19. The lowest BCUT2D eigenvalue weighted by Gasteiger charge is -2.11. The zero-order valence-corrected chi connectivity index (χ0v) is 10.3. The largest absolute Gasteiger partial charge is 0.493 e. The molecule has 4 nitrogen and oxygen atoms in total. The number of fused-ring (bicyclic) bond motifs is 1. The number of aromatic nitrogens is 2. The highest BCUT2D eigenvalue weighted by Crippen LogP contribution is 2.28. The Bertz CT molecular complexity index is 566. The Labute approximate surface area is 106 Å². The van der Waals surface area contributed by atoms with Crippen LogP contribution in [0.2, 0.25) is 0 Å². The van der Waals surface area contributed by atoms with Crippen LogP contribution in [0.15, 0.2) is 30.6 Å². The van der Waals surface area contributed by atoms with Gasteiger partial charge in [0, 0.05) is 18.8 Å². The fourth-order valence-electron chi connectivity index (χ4n) is 2.11. The second-order valence-corrected chi connectivity index (χ2v) is 4.56. The van der Waals surface area contributed by atoms with Crippen molar-refractivity contribution in [3.63, 3.8) is 0 Å². The molecule has 3 rings (SSSR count). The Hall–Kier alpha value is -1.94. The molecule has 1 aliphatic heterocycles. The number of rotatable bonds is 2. The Balaban J connectivity index is 1.92. The molecule has 1 atom stereocenters. The van der Waals surface area contributed by atoms with Gasteiger partial charge in [0.1, 0.15) is 11.6 Å². The number of hydrogen-bond donors (Lipinski definition) is 1. The third kappa shape index (κ3) is 1.95. The van der Waals surface area contributed by atoms with Crippen LogP contribution in [0.25, 0.3) is 0 Å².